The number of sulfonamides is 1. The van der Waals surface area contributed by atoms with Gasteiger partial charge in [0, 0.05) is 13.6 Å². The summed E-state index contributed by atoms with van der Waals surface area (Å²) in [6.07, 6.45) is 0. The van der Waals surface area contributed by atoms with E-state index in [9.17, 15) is 8.42 Å². The molecule has 1 aromatic carbocycles. The summed E-state index contributed by atoms with van der Waals surface area (Å²) in [6, 6.07) is 6.95. The van der Waals surface area contributed by atoms with Crippen LogP contribution in [0.5, 0.6) is 0 Å². The van der Waals surface area contributed by atoms with Crippen LogP contribution in [0.2, 0.25) is 0 Å². The lowest BCUT2D eigenvalue weighted by atomic mass is 10.1. The number of morpholine rings is 1. The highest BCUT2D eigenvalue weighted by Gasteiger charge is 2.40. The first-order chi connectivity index (χ1) is 8.89. The Balaban J connectivity index is 2.47. The molecule has 0 spiro atoms. The molecule has 5 nitrogen and oxygen atoms in total. The van der Waals surface area contributed by atoms with Crippen LogP contribution in [0.4, 0.5) is 5.69 Å². The summed E-state index contributed by atoms with van der Waals surface area (Å²) in [5, 5.41) is 2.93. The van der Waals surface area contributed by atoms with Crippen LogP contribution in [0.15, 0.2) is 29.2 Å². The van der Waals surface area contributed by atoms with Gasteiger partial charge in [0.05, 0.1) is 24.4 Å². The first kappa shape index (κ1) is 14.3. The van der Waals surface area contributed by atoms with Crippen LogP contribution in [-0.2, 0) is 14.8 Å². The highest BCUT2D eigenvalue weighted by molar-refractivity contribution is 7.89. The minimum absolute atomic E-state index is 0.312. The monoisotopic (exact) mass is 284 g/mol. The summed E-state index contributed by atoms with van der Waals surface area (Å²) in [4.78, 5) is 0.312. The second-order valence-electron chi connectivity index (χ2n) is 5.19. The van der Waals surface area contributed by atoms with Gasteiger partial charge in [0.2, 0.25) is 10.0 Å². The Morgan fingerprint density at radius 1 is 1.32 bits per heavy atom. The quantitative estimate of drug-likeness (QED) is 0.914. The molecule has 1 saturated heterocycles. The summed E-state index contributed by atoms with van der Waals surface area (Å²) in [5.74, 6) is 0. The summed E-state index contributed by atoms with van der Waals surface area (Å²) in [5.41, 5.74) is 0.0857. The van der Waals surface area contributed by atoms with E-state index >= 15 is 0 Å². The molecule has 1 N–H and O–H groups in total. The van der Waals surface area contributed by atoms with Crippen LogP contribution in [0.3, 0.4) is 0 Å². The maximum absolute atomic E-state index is 12.8. The fourth-order valence-corrected chi connectivity index (χ4v) is 4.26. The maximum atomic E-state index is 12.8. The fourth-order valence-electron chi connectivity index (χ4n) is 2.31. The molecule has 2 rings (SSSR count). The Labute approximate surface area is 114 Å². The Morgan fingerprint density at radius 2 is 2.00 bits per heavy atom. The van der Waals surface area contributed by atoms with Gasteiger partial charge < -0.3 is 10.1 Å². The molecule has 0 radical (unpaired) electrons. The lowest BCUT2D eigenvalue weighted by Crippen LogP contribution is -2.55. The number of ether oxygens (including phenoxy) is 1. The molecule has 0 bridgehead atoms. The van der Waals surface area contributed by atoms with Crippen LogP contribution in [-0.4, -0.2) is 45.1 Å². The lowest BCUT2D eigenvalue weighted by Gasteiger charge is -2.41. The van der Waals surface area contributed by atoms with Gasteiger partial charge in [-0.15, -0.1) is 0 Å². The Kier molecular flexibility index (Phi) is 3.85. The van der Waals surface area contributed by atoms with Crippen molar-refractivity contribution >= 4 is 15.7 Å². The van der Waals surface area contributed by atoms with E-state index in [0.29, 0.717) is 30.3 Å². The van der Waals surface area contributed by atoms with Crippen molar-refractivity contribution in [2.24, 2.45) is 0 Å². The summed E-state index contributed by atoms with van der Waals surface area (Å²) >= 11 is 0. The number of hydrogen-bond donors (Lipinski definition) is 1. The van der Waals surface area contributed by atoms with Crippen molar-refractivity contribution in [1.29, 1.82) is 0 Å². The second kappa shape index (κ2) is 5.11. The van der Waals surface area contributed by atoms with E-state index in [1.807, 2.05) is 19.9 Å². The van der Waals surface area contributed by atoms with Gasteiger partial charge in [-0.1, -0.05) is 12.1 Å². The summed E-state index contributed by atoms with van der Waals surface area (Å²) in [7, 11) is -1.80. The van der Waals surface area contributed by atoms with Crippen molar-refractivity contribution in [3.8, 4) is 0 Å². The van der Waals surface area contributed by atoms with Crippen LogP contribution in [0, 0.1) is 0 Å². The third-order valence-electron chi connectivity index (χ3n) is 3.29. The standard InChI is InChI=1S/C13H20N2O3S/c1-13(2)10-18-9-8-15(13)19(16,17)12-7-5-4-6-11(12)14-3/h4-7,14H,8-10H2,1-3H3. The predicted octanol–water partition coefficient (Wildman–Crippen LogP) is 1.53. The fraction of sp³-hybridized carbons (Fsp3) is 0.538. The van der Waals surface area contributed by atoms with Crippen molar-refractivity contribution in [2.45, 2.75) is 24.3 Å². The van der Waals surface area contributed by atoms with Crippen LogP contribution in [0.1, 0.15) is 13.8 Å². The third kappa shape index (κ3) is 2.61. The van der Waals surface area contributed by atoms with Gasteiger partial charge in [-0.25, -0.2) is 8.42 Å². The van der Waals surface area contributed by atoms with Crippen molar-refractivity contribution in [3.63, 3.8) is 0 Å². The second-order valence-corrected chi connectivity index (χ2v) is 7.02. The number of nitrogens with zero attached hydrogens (tertiary/aromatic N) is 1. The van der Waals surface area contributed by atoms with Gasteiger partial charge >= 0.3 is 0 Å². The molecule has 1 heterocycles. The minimum atomic E-state index is -3.52. The molecule has 0 aromatic heterocycles. The number of hydrogen-bond acceptors (Lipinski definition) is 4. The molecule has 106 valence electrons. The van der Waals surface area contributed by atoms with Crippen molar-refractivity contribution in [3.05, 3.63) is 24.3 Å². The van der Waals surface area contributed by atoms with E-state index in [2.05, 4.69) is 5.32 Å². The smallest absolute Gasteiger partial charge is 0.245 e. The molecule has 1 aliphatic rings. The van der Waals surface area contributed by atoms with E-state index in [-0.39, 0.29) is 0 Å². The van der Waals surface area contributed by atoms with Gasteiger partial charge in [0.1, 0.15) is 4.90 Å². The molecule has 19 heavy (non-hydrogen) atoms. The molecule has 6 heteroatoms. The molecule has 0 aliphatic carbocycles. The molecule has 1 aliphatic heterocycles. The Bertz CT molecular complexity index is 555. The zero-order chi connectivity index (χ0) is 14.1. The first-order valence-electron chi connectivity index (χ1n) is 6.27. The van der Waals surface area contributed by atoms with E-state index in [1.165, 1.54) is 4.31 Å². The molecule has 0 amide bonds. The average molecular weight is 284 g/mol. The number of rotatable bonds is 3. The molecule has 0 unspecified atom stereocenters. The number of anilines is 1. The van der Waals surface area contributed by atoms with Crippen LogP contribution in [0.25, 0.3) is 0 Å². The van der Waals surface area contributed by atoms with E-state index in [1.54, 1.807) is 25.2 Å². The van der Waals surface area contributed by atoms with Gasteiger partial charge in [0.25, 0.3) is 0 Å². The Morgan fingerprint density at radius 3 is 2.63 bits per heavy atom. The average Bonchev–Trinajstić information content (AvgIpc) is 2.37. The third-order valence-corrected chi connectivity index (χ3v) is 5.46. The van der Waals surface area contributed by atoms with Crippen molar-refractivity contribution < 1.29 is 13.2 Å². The maximum Gasteiger partial charge on any atom is 0.245 e. The molecule has 0 atom stereocenters. The zero-order valence-electron chi connectivity index (χ0n) is 11.5. The Hall–Kier alpha value is -1.11. The first-order valence-corrected chi connectivity index (χ1v) is 7.71. The summed E-state index contributed by atoms with van der Waals surface area (Å²) in [6.45, 7) is 4.99. The van der Waals surface area contributed by atoms with Crippen LogP contribution >= 0.6 is 0 Å². The highest BCUT2D eigenvalue weighted by atomic mass is 32.2. The van der Waals surface area contributed by atoms with E-state index in [4.69, 9.17) is 4.74 Å². The number of para-hydroxylation sites is 1. The van der Waals surface area contributed by atoms with Crippen molar-refractivity contribution in [2.75, 3.05) is 32.1 Å². The van der Waals surface area contributed by atoms with Crippen LogP contribution < -0.4 is 5.32 Å². The molecule has 0 saturated carbocycles. The number of nitrogens with one attached hydrogen (secondary N) is 1. The van der Waals surface area contributed by atoms with Gasteiger partial charge in [-0.05, 0) is 26.0 Å². The van der Waals surface area contributed by atoms with Gasteiger partial charge in [0.15, 0.2) is 0 Å². The van der Waals surface area contributed by atoms with Gasteiger partial charge in [-0.2, -0.15) is 4.31 Å². The normalized spacial score (nSPS) is 20.2. The van der Waals surface area contributed by atoms with Gasteiger partial charge in [-0.3, -0.25) is 0 Å². The van der Waals surface area contributed by atoms with E-state index in [0.717, 1.165) is 0 Å². The largest absolute Gasteiger partial charge is 0.387 e. The van der Waals surface area contributed by atoms with Crippen molar-refractivity contribution in [1.82, 2.24) is 4.31 Å². The predicted molar refractivity (Wildman–Crippen MR) is 74.8 cm³/mol. The molecule has 1 fully saturated rings. The number of benzene rings is 1. The minimum Gasteiger partial charge on any atom is -0.387 e. The highest BCUT2D eigenvalue weighted by Crippen LogP contribution is 2.30. The topological polar surface area (TPSA) is 58.6 Å². The summed E-state index contributed by atoms with van der Waals surface area (Å²) < 4.78 is 32.5. The molecular formula is C13H20N2O3S. The lowest BCUT2D eigenvalue weighted by molar-refractivity contribution is -0.00769. The molecule has 1 aromatic rings. The molecular weight excluding hydrogens is 264 g/mol. The van der Waals surface area contributed by atoms with E-state index < -0.39 is 15.6 Å². The zero-order valence-corrected chi connectivity index (χ0v) is 12.3. The SMILES string of the molecule is CNc1ccccc1S(=O)(=O)N1CCOCC1(C)C.